The number of hydrogen-bond donors (Lipinski definition) is 1. The zero-order chi connectivity index (χ0) is 15.8. The number of carboxylic acids is 1. The predicted octanol–water partition coefficient (Wildman–Crippen LogP) is 4.35. The van der Waals surface area contributed by atoms with E-state index in [1.54, 1.807) is 0 Å². The van der Waals surface area contributed by atoms with Crippen LogP contribution in [-0.2, 0) is 6.18 Å². The lowest BCUT2D eigenvalue weighted by Gasteiger charge is -2.13. The summed E-state index contributed by atoms with van der Waals surface area (Å²) in [4.78, 5) is 11.0. The van der Waals surface area contributed by atoms with Gasteiger partial charge in [-0.2, -0.15) is 13.2 Å². The van der Waals surface area contributed by atoms with Gasteiger partial charge in [0.25, 0.3) is 0 Å². The molecule has 0 aliphatic carbocycles. The Morgan fingerprint density at radius 1 is 1.00 bits per heavy atom. The first-order valence-corrected chi connectivity index (χ1v) is 5.60. The molecule has 0 fully saturated rings. The Kier molecular flexibility index (Phi) is 3.67. The van der Waals surface area contributed by atoms with Crippen molar-refractivity contribution in [2.24, 2.45) is 0 Å². The number of alkyl halides is 3. The lowest BCUT2D eigenvalue weighted by Crippen LogP contribution is -2.09. The molecule has 21 heavy (non-hydrogen) atoms. The van der Waals surface area contributed by atoms with Crippen LogP contribution in [0.4, 0.5) is 22.0 Å². The van der Waals surface area contributed by atoms with Crippen molar-refractivity contribution in [2.45, 2.75) is 6.18 Å². The third kappa shape index (κ3) is 2.86. The van der Waals surface area contributed by atoms with Crippen LogP contribution < -0.4 is 0 Å². The Balaban J connectivity index is 2.74. The van der Waals surface area contributed by atoms with E-state index in [-0.39, 0.29) is 0 Å². The Morgan fingerprint density at radius 3 is 2.24 bits per heavy atom. The van der Waals surface area contributed by atoms with E-state index in [4.69, 9.17) is 5.11 Å². The van der Waals surface area contributed by atoms with Crippen LogP contribution in [0.3, 0.4) is 0 Å². The van der Waals surface area contributed by atoms with E-state index >= 15 is 0 Å². The molecule has 0 aromatic heterocycles. The Bertz CT molecular complexity index is 707. The number of carbonyl (C=O) groups is 1. The zero-order valence-corrected chi connectivity index (χ0v) is 10.2. The third-order valence-corrected chi connectivity index (χ3v) is 2.81. The number of benzene rings is 2. The fourth-order valence-corrected chi connectivity index (χ4v) is 1.88. The van der Waals surface area contributed by atoms with Gasteiger partial charge in [0.1, 0.15) is 11.6 Å². The molecule has 0 aliphatic rings. The van der Waals surface area contributed by atoms with Crippen molar-refractivity contribution < 1.29 is 31.9 Å². The molecule has 0 heterocycles. The van der Waals surface area contributed by atoms with E-state index in [2.05, 4.69) is 0 Å². The van der Waals surface area contributed by atoms with Crippen molar-refractivity contribution >= 4 is 5.97 Å². The van der Waals surface area contributed by atoms with Crippen molar-refractivity contribution in [3.63, 3.8) is 0 Å². The van der Waals surface area contributed by atoms with Crippen molar-refractivity contribution in [1.82, 2.24) is 0 Å². The summed E-state index contributed by atoms with van der Waals surface area (Å²) in [5, 5.41) is 8.97. The van der Waals surface area contributed by atoms with Gasteiger partial charge in [-0.05, 0) is 24.3 Å². The number of rotatable bonds is 2. The van der Waals surface area contributed by atoms with E-state index in [1.165, 1.54) is 0 Å². The topological polar surface area (TPSA) is 37.3 Å². The average Bonchev–Trinajstić information content (AvgIpc) is 2.37. The minimum absolute atomic E-state index is 0.453. The van der Waals surface area contributed by atoms with Gasteiger partial charge >= 0.3 is 12.1 Å². The summed E-state index contributed by atoms with van der Waals surface area (Å²) >= 11 is 0. The molecule has 0 amide bonds. The van der Waals surface area contributed by atoms with Crippen LogP contribution in [0.5, 0.6) is 0 Å². The molecule has 0 atom stereocenters. The lowest BCUT2D eigenvalue weighted by atomic mass is 9.97. The second-order valence-electron chi connectivity index (χ2n) is 4.16. The maximum atomic E-state index is 14.0. The molecule has 2 nitrogen and oxygen atoms in total. The minimum Gasteiger partial charge on any atom is -0.478 e. The number of aromatic carboxylic acids is 1. The van der Waals surface area contributed by atoms with Crippen LogP contribution in [0.2, 0.25) is 0 Å². The van der Waals surface area contributed by atoms with Crippen LogP contribution in [0.15, 0.2) is 36.4 Å². The van der Waals surface area contributed by atoms with Gasteiger partial charge in [0.05, 0.1) is 11.1 Å². The largest absolute Gasteiger partial charge is 0.478 e. The molecule has 0 radical (unpaired) electrons. The third-order valence-electron chi connectivity index (χ3n) is 2.81. The van der Waals surface area contributed by atoms with Crippen molar-refractivity contribution in [3.8, 4) is 11.1 Å². The van der Waals surface area contributed by atoms with E-state index < -0.39 is 46.0 Å². The second kappa shape index (κ2) is 5.16. The molecule has 0 saturated carbocycles. The summed E-state index contributed by atoms with van der Waals surface area (Å²) in [6.45, 7) is 0. The summed E-state index contributed by atoms with van der Waals surface area (Å²) in [5.41, 5.74) is -3.11. The Labute approximate surface area is 115 Å². The van der Waals surface area contributed by atoms with Crippen molar-refractivity contribution in [3.05, 3.63) is 59.2 Å². The first-order valence-electron chi connectivity index (χ1n) is 5.60. The molecule has 0 unspecified atom stereocenters. The highest BCUT2D eigenvalue weighted by Gasteiger charge is 2.35. The molecule has 0 aliphatic heterocycles. The van der Waals surface area contributed by atoms with Gasteiger partial charge in [0, 0.05) is 11.1 Å². The molecule has 2 rings (SSSR count). The van der Waals surface area contributed by atoms with Gasteiger partial charge in [0.15, 0.2) is 0 Å². The van der Waals surface area contributed by atoms with Gasteiger partial charge in [-0.15, -0.1) is 0 Å². The van der Waals surface area contributed by atoms with E-state index in [9.17, 15) is 26.7 Å². The second-order valence-corrected chi connectivity index (χ2v) is 4.16. The number of carboxylic acid groups (broad SMARTS) is 1. The summed E-state index contributed by atoms with van der Waals surface area (Å²) in [6, 6.07) is 4.80. The Hall–Kier alpha value is -2.44. The normalized spacial score (nSPS) is 11.5. The first kappa shape index (κ1) is 15.0. The van der Waals surface area contributed by atoms with E-state index in [0.29, 0.717) is 12.1 Å². The van der Waals surface area contributed by atoms with Crippen molar-refractivity contribution in [1.29, 1.82) is 0 Å². The highest BCUT2D eigenvalue weighted by Crippen LogP contribution is 2.36. The molecule has 0 spiro atoms. The van der Waals surface area contributed by atoms with Crippen LogP contribution in [0.1, 0.15) is 15.9 Å². The Morgan fingerprint density at radius 2 is 1.67 bits per heavy atom. The average molecular weight is 302 g/mol. The fraction of sp³-hybridized carbons (Fsp3) is 0.0714. The SMILES string of the molecule is O=C(O)c1ccc(F)cc1-c1cccc(C(F)(F)F)c1F. The fourth-order valence-electron chi connectivity index (χ4n) is 1.88. The standard InChI is InChI=1S/C14H7F5O2/c15-7-4-5-9(13(20)21)10(6-7)8-2-1-3-11(12(8)16)14(17,18)19/h1-6H,(H,20,21). The molecular weight excluding hydrogens is 295 g/mol. The van der Waals surface area contributed by atoms with Gasteiger partial charge < -0.3 is 5.11 Å². The minimum atomic E-state index is -4.93. The van der Waals surface area contributed by atoms with Gasteiger partial charge in [-0.25, -0.2) is 13.6 Å². The number of hydrogen-bond acceptors (Lipinski definition) is 1. The van der Waals surface area contributed by atoms with Crippen LogP contribution >= 0.6 is 0 Å². The molecule has 1 N–H and O–H groups in total. The maximum absolute atomic E-state index is 14.0. The van der Waals surface area contributed by atoms with Gasteiger partial charge in [-0.3, -0.25) is 0 Å². The summed E-state index contributed by atoms with van der Waals surface area (Å²) in [5.74, 6) is -4.02. The maximum Gasteiger partial charge on any atom is 0.419 e. The van der Waals surface area contributed by atoms with E-state index in [0.717, 1.165) is 24.3 Å². The molecule has 110 valence electrons. The van der Waals surface area contributed by atoms with Crippen LogP contribution in [0, 0.1) is 11.6 Å². The van der Waals surface area contributed by atoms with Crippen LogP contribution in [-0.4, -0.2) is 11.1 Å². The summed E-state index contributed by atoms with van der Waals surface area (Å²) in [6.07, 6.45) is -4.93. The molecular formula is C14H7F5O2. The quantitative estimate of drug-likeness (QED) is 0.837. The highest BCUT2D eigenvalue weighted by atomic mass is 19.4. The molecule has 0 bridgehead atoms. The first-order chi connectivity index (χ1) is 9.71. The highest BCUT2D eigenvalue weighted by molar-refractivity contribution is 5.96. The van der Waals surface area contributed by atoms with Crippen molar-refractivity contribution in [2.75, 3.05) is 0 Å². The van der Waals surface area contributed by atoms with Crippen LogP contribution in [0.25, 0.3) is 11.1 Å². The number of halogens is 5. The molecule has 2 aromatic rings. The predicted molar refractivity (Wildman–Crippen MR) is 63.8 cm³/mol. The summed E-state index contributed by atoms with van der Waals surface area (Å²) < 4.78 is 65.2. The summed E-state index contributed by atoms with van der Waals surface area (Å²) in [7, 11) is 0. The molecule has 7 heteroatoms. The van der Waals surface area contributed by atoms with Gasteiger partial charge in [-0.1, -0.05) is 12.1 Å². The van der Waals surface area contributed by atoms with Gasteiger partial charge in [0.2, 0.25) is 0 Å². The monoisotopic (exact) mass is 302 g/mol. The van der Waals surface area contributed by atoms with E-state index in [1.807, 2.05) is 0 Å². The molecule has 2 aromatic carbocycles. The molecule has 0 saturated heterocycles. The zero-order valence-electron chi connectivity index (χ0n) is 10.2. The lowest BCUT2D eigenvalue weighted by molar-refractivity contribution is -0.139. The smallest absolute Gasteiger partial charge is 0.419 e.